The van der Waals surface area contributed by atoms with Crippen LogP contribution in [-0.4, -0.2) is 28.0 Å². The number of aromatic nitrogens is 2. The molecule has 6 heteroatoms. The van der Waals surface area contributed by atoms with Gasteiger partial charge >= 0.3 is 0 Å². The molecule has 0 unspecified atom stereocenters. The van der Waals surface area contributed by atoms with Crippen LogP contribution in [0.15, 0.2) is 36.5 Å². The second kappa shape index (κ2) is 4.69. The van der Waals surface area contributed by atoms with E-state index in [1.807, 2.05) is 24.3 Å². The second-order valence-electron chi connectivity index (χ2n) is 5.37. The van der Waals surface area contributed by atoms with Crippen molar-refractivity contribution in [3.63, 3.8) is 0 Å². The molecule has 1 fully saturated rings. The lowest BCUT2D eigenvalue weighted by molar-refractivity contribution is 0.399. The summed E-state index contributed by atoms with van der Waals surface area (Å²) in [7, 11) is 0. The summed E-state index contributed by atoms with van der Waals surface area (Å²) >= 11 is 0. The third kappa shape index (κ3) is 1.83. The molecule has 22 heavy (non-hydrogen) atoms. The van der Waals surface area contributed by atoms with Gasteiger partial charge in [-0.1, -0.05) is 0 Å². The summed E-state index contributed by atoms with van der Waals surface area (Å²) in [5.74, 6) is -2.97. The molecule has 1 aliphatic heterocycles. The molecular weight excluding hydrogens is 288 g/mol. The Balaban J connectivity index is 1.82. The molecule has 0 amide bonds. The monoisotopic (exact) mass is 301 g/mol. The highest BCUT2D eigenvalue weighted by atomic mass is 19.1. The van der Waals surface area contributed by atoms with Crippen molar-refractivity contribution in [3.05, 3.63) is 48.2 Å². The van der Waals surface area contributed by atoms with E-state index in [1.54, 1.807) is 0 Å². The van der Waals surface area contributed by atoms with Crippen LogP contribution in [0, 0.1) is 11.6 Å². The Morgan fingerprint density at radius 3 is 2.36 bits per heavy atom. The van der Waals surface area contributed by atoms with Crippen LogP contribution in [0.3, 0.4) is 0 Å². The fraction of sp³-hybridized carbons (Fsp3) is 0.188. The SMILES string of the molecule is Oc1c(F)cc2cnn(-c3ccc(N4CCC4)cc3)c2c1F. The van der Waals surface area contributed by atoms with E-state index < -0.39 is 17.4 Å². The van der Waals surface area contributed by atoms with Crippen molar-refractivity contribution in [3.8, 4) is 11.4 Å². The van der Waals surface area contributed by atoms with Gasteiger partial charge in [0.1, 0.15) is 5.52 Å². The largest absolute Gasteiger partial charge is 0.503 e. The number of benzene rings is 2. The third-order valence-electron chi connectivity index (χ3n) is 4.04. The van der Waals surface area contributed by atoms with Gasteiger partial charge in [-0.15, -0.1) is 0 Å². The average molecular weight is 301 g/mol. The average Bonchev–Trinajstić information content (AvgIpc) is 2.88. The standard InChI is InChI=1S/C16H13F2N3O/c17-13-8-10-9-19-21(15(10)14(18)16(13)22)12-4-2-11(3-5-12)20-6-1-7-20/h2-5,8-9,22H,1,6-7H2. The Morgan fingerprint density at radius 2 is 1.73 bits per heavy atom. The summed E-state index contributed by atoms with van der Waals surface area (Å²) in [6, 6.07) is 8.64. The Bertz CT molecular complexity index is 854. The van der Waals surface area contributed by atoms with Gasteiger partial charge in [-0.05, 0) is 36.8 Å². The molecular formula is C16H13F2N3O. The van der Waals surface area contributed by atoms with Crippen molar-refractivity contribution in [1.29, 1.82) is 0 Å². The lowest BCUT2D eigenvalue weighted by Crippen LogP contribution is -2.36. The molecule has 1 aliphatic rings. The van der Waals surface area contributed by atoms with Gasteiger partial charge in [-0.3, -0.25) is 0 Å². The van der Waals surface area contributed by atoms with Crippen molar-refractivity contribution in [1.82, 2.24) is 9.78 Å². The zero-order valence-corrected chi connectivity index (χ0v) is 11.6. The number of nitrogens with zero attached hydrogens (tertiary/aromatic N) is 3. The number of phenolic OH excluding ortho intramolecular Hbond substituents is 1. The third-order valence-corrected chi connectivity index (χ3v) is 4.04. The van der Waals surface area contributed by atoms with Crippen LogP contribution in [0.1, 0.15) is 6.42 Å². The summed E-state index contributed by atoms with van der Waals surface area (Å²) in [4.78, 5) is 2.24. The normalized spacial score (nSPS) is 14.4. The van der Waals surface area contributed by atoms with Crippen LogP contribution in [0.5, 0.6) is 5.75 Å². The molecule has 0 aliphatic carbocycles. The molecule has 0 radical (unpaired) electrons. The van der Waals surface area contributed by atoms with Crippen molar-refractivity contribution < 1.29 is 13.9 Å². The number of hydrogen-bond acceptors (Lipinski definition) is 3. The molecule has 112 valence electrons. The van der Waals surface area contributed by atoms with Crippen molar-refractivity contribution >= 4 is 16.6 Å². The molecule has 1 aromatic heterocycles. The lowest BCUT2D eigenvalue weighted by Gasteiger charge is -2.33. The summed E-state index contributed by atoms with van der Waals surface area (Å²) in [5.41, 5.74) is 1.83. The van der Waals surface area contributed by atoms with Gasteiger partial charge in [0.2, 0.25) is 0 Å². The molecule has 0 spiro atoms. The van der Waals surface area contributed by atoms with Crippen LogP contribution in [0.2, 0.25) is 0 Å². The number of hydrogen-bond donors (Lipinski definition) is 1. The van der Waals surface area contributed by atoms with E-state index in [-0.39, 0.29) is 5.52 Å². The number of phenols is 1. The first kappa shape index (κ1) is 13.1. The highest BCUT2D eigenvalue weighted by Crippen LogP contribution is 2.30. The number of rotatable bonds is 2. The molecule has 0 atom stereocenters. The Hall–Kier alpha value is -2.63. The van der Waals surface area contributed by atoms with Gasteiger partial charge in [0.25, 0.3) is 0 Å². The molecule has 0 bridgehead atoms. The van der Waals surface area contributed by atoms with E-state index in [4.69, 9.17) is 0 Å². The number of aromatic hydroxyl groups is 1. The number of halogens is 2. The number of anilines is 1. The molecule has 2 aromatic carbocycles. The summed E-state index contributed by atoms with van der Waals surface area (Å²) in [5, 5.41) is 13.9. The summed E-state index contributed by atoms with van der Waals surface area (Å²) in [6.45, 7) is 2.09. The van der Waals surface area contributed by atoms with E-state index in [0.717, 1.165) is 24.8 Å². The first-order chi connectivity index (χ1) is 10.6. The predicted octanol–water partition coefficient (Wildman–Crippen LogP) is 3.22. The summed E-state index contributed by atoms with van der Waals surface area (Å²) < 4.78 is 28.9. The Kier molecular flexibility index (Phi) is 2.79. The Labute approximate surface area is 125 Å². The van der Waals surface area contributed by atoms with E-state index in [1.165, 1.54) is 17.3 Å². The van der Waals surface area contributed by atoms with Crippen molar-refractivity contribution in [2.24, 2.45) is 0 Å². The van der Waals surface area contributed by atoms with Gasteiger partial charge in [-0.25, -0.2) is 13.5 Å². The van der Waals surface area contributed by atoms with Crippen molar-refractivity contribution in [2.75, 3.05) is 18.0 Å². The van der Waals surface area contributed by atoms with E-state index in [9.17, 15) is 13.9 Å². The van der Waals surface area contributed by atoms with Crippen LogP contribution < -0.4 is 4.90 Å². The second-order valence-corrected chi connectivity index (χ2v) is 5.37. The maximum Gasteiger partial charge on any atom is 0.194 e. The van der Waals surface area contributed by atoms with Gasteiger partial charge < -0.3 is 10.0 Å². The first-order valence-corrected chi connectivity index (χ1v) is 7.05. The van der Waals surface area contributed by atoms with Crippen LogP contribution in [0.4, 0.5) is 14.5 Å². The van der Waals surface area contributed by atoms with Gasteiger partial charge in [-0.2, -0.15) is 5.10 Å². The van der Waals surface area contributed by atoms with E-state index in [2.05, 4.69) is 10.00 Å². The zero-order chi connectivity index (χ0) is 15.3. The van der Waals surface area contributed by atoms with Gasteiger partial charge in [0, 0.05) is 24.2 Å². The van der Waals surface area contributed by atoms with Crippen LogP contribution in [-0.2, 0) is 0 Å². The molecule has 0 saturated carbocycles. The topological polar surface area (TPSA) is 41.3 Å². The van der Waals surface area contributed by atoms with Crippen molar-refractivity contribution in [2.45, 2.75) is 6.42 Å². The molecule has 2 heterocycles. The first-order valence-electron chi connectivity index (χ1n) is 7.05. The molecule has 3 aromatic rings. The molecule has 4 rings (SSSR count). The maximum absolute atomic E-state index is 14.2. The predicted molar refractivity (Wildman–Crippen MR) is 79.5 cm³/mol. The highest BCUT2D eigenvalue weighted by molar-refractivity contribution is 5.82. The van der Waals surface area contributed by atoms with Crippen LogP contribution >= 0.6 is 0 Å². The minimum Gasteiger partial charge on any atom is -0.503 e. The summed E-state index contributed by atoms with van der Waals surface area (Å²) in [6.07, 6.45) is 2.58. The smallest absolute Gasteiger partial charge is 0.194 e. The molecule has 1 N–H and O–H groups in total. The van der Waals surface area contributed by atoms with Gasteiger partial charge in [0.05, 0.1) is 11.9 Å². The minimum atomic E-state index is -1.00. The fourth-order valence-electron chi connectivity index (χ4n) is 2.68. The molecule has 4 nitrogen and oxygen atoms in total. The zero-order valence-electron chi connectivity index (χ0n) is 11.6. The van der Waals surface area contributed by atoms with E-state index in [0.29, 0.717) is 11.1 Å². The maximum atomic E-state index is 14.2. The van der Waals surface area contributed by atoms with Gasteiger partial charge in [0.15, 0.2) is 17.4 Å². The minimum absolute atomic E-state index is 0.0654. The van der Waals surface area contributed by atoms with Crippen LogP contribution in [0.25, 0.3) is 16.6 Å². The highest BCUT2D eigenvalue weighted by Gasteiger charge is 2.18. The Morgan fingerprint density at radius 1 is 1.05 bits per heavy atom. The number of fused-ring (bicyclic) bond motifs is 1. The lowest BCUT2D eigenvalue weighted by atomic mass is 10.1. The fourth-order valence-corrected chi connectivity index (χ4v) is 2.68. The van der Waals surface area contributed by atoms with E-state index >= 15 is 0 Å². The quantitative estimate of drug-likeness (QED) is 0.790. The molecule has 1 saturated heterocycles.